The van der Waals surface area contributed by atoms with Gasteiger partial charge in [0.2, 0.25) is 10.0 Å². The zero-order valence-corrected chi connectivity index (χ0v) is 13.3. The van der Waals surface area contributed by atoms with Crippen LogP contribution in [0.15, 0.2) is 0 Å². The smallest absolute Gasteiger partial charge is 0.211 e. The van der Waals surface area contributed by atoms with Crippen LogP contribution in [0.1, 0.15) is 39.5 Å². The number of piperidine rings is 1. The molecule has 0 amide bonds. The van der Waals surface area contributed by atoms with Gasteiger partial charge >= 0.3 is 0 Å². The first-order valence-electron chi connectivity index (χ1n) is 7.49. The molecule has 1 atom stereocenters. The first-order chi connectivity index (χ1) is 8.83. The van der Waals surface area contributed by atoms with Crippen LogP contribution in [-0.2, 0) is 10.0 Å². The van der Waals surface area contributed by atoms with Crippen LogP contribution in [0, 0.1) is 17.3 Å². The monoisotopic (exact) mass is 288 g/mol. The molecule has 1 heterocycles. The average Bonchev–Trinajstić information content (AvgIpc) is 3.09. The molecule has 0 spiro atoms. The van der Waals surface area contributed by atoms with Crippen molar-refractivity contribution in [3.05, 3.63) is 0 Å². The lowest BCUT2D eigenvalue weighted by Gasteiger charge is -2.31. The lowest BCUT2D eigenvalue weighted by molar-refractivity contribution is 0.250. The highest BCUT2D eigenvalue weighted by molar-refractivity contribution is 7.88. The molecule has 112 valence electrons. The van der Waals surface area contributed by atoms with Crippen molar-refractivity contribution in [2.24, 2.45) is 17.3 Å². The van der Waals surface area contributed by atoms with Crippen LogP contribution in [-0.4, -0.2) is 45.2 Å². The lowest BCUT2D eigenvalue weighted by Crippen LogP contribution is -2.43. The van der Waals surface area contributed by atoms with Crippen molar-refractivity contribution in [3.63, 3.8) is 0 Å². The third-order valence-electron chi connectivity index (χ3n) is 4.98. The van der Waals surface area contributed by atoms with Gasteiger partial charge in [0, 0.05) is 19.6 Å². The summed E-state index contributed by atoms with van der Waals surface area (Å²) < 4.78 is 24.8. The van der Waals surface area contributed by atoms with Crippen LogP contribution in [0.2, 0.25) is 0 Å². The Bertz CT molecular complexity index is 402. The lowest BCUT2D eigenvalue weighted by atomic mass is 9.92. The first-order valence-corrected chi connectivity index (χ1v) is 9.34. The molecule has 2 rings (SSSR count). The molecule has 0 aromatic rings. The van der Waals surface area contributed by atoms with Gasteiger partial charge in [-0.15, -0.1) is 0 Å². The molecule has 2 aliphatic rings. The van der Waals surface area contributed by atoms with E-state index in [-0.39, 0.29) is 0 Å². The molecular formula is C14H28N2O2S. The fourth-order valence-electron chi connectivity index (χ4n) is 3.14. The second kappa shape index (κ2) is 5.70. The molecule has 1 saturated carbocycles. The Morgan fingerprint density at radius 2 is 2.05 bits per heavy atom. The van der Waals surface area contributed by atoms with Crippen molar-refractivity contribution in [1.82, 2.24) is 9.62 Å². The maximum absolute atomic E-state index is 11.6. The quantitative estimate of drug-likeness (QED) is 0.809. The van der Waals surface area contributed by atoms with E-state index in [4.69, 9.17) is 0 Å². The maximum atomic E-state index is 11.6. The van der Waals surface area contributed by atoms with Gasteiger partial charge < -0.3 is 5.32 Å². The normalized spacial score (nSPS) is 27.7. The summed E-state index contributed by atoms with van der Waals surface area (Å²) in [5, 5.41) is 3.59. The molecule has 2 fully saturated rings. The van der Waals surface area contributed by atoms with Gasteiger partial charge in [0.25, 0.3) is 0 Å². The van der Waals surface area contributed by atoms with E-state index < -0.39 is 10.0 Å². The van der Waals surface area contributed by atoms with E-state index in [1.807, 2.05) is 0 Å². The average molecular weight is 288 g/mol. The fourth-order valence-corrected chi connectivity index (χ4v) is 4.08. The van der Waals surface area contributed by atoms with Gasteiger partial charge in [0.1, 0.15) is 0 Å². The number of hydrogen-bond donors (Lipinski definition) is 1. The summed E-state index contributed by atoms with van der Waals surface area (Å²) in [6, 6.07) is 0. The Hall–Kier alpha value is -0.130. The first kappa shape index (κ1) is 15.3. The molecule has 4 nitrogen and oxygen atoms in total. The van der Waals surface area contributed by atoms with Crippen LogP contribution < -0.4 is 5.32 Å². The van der Waals surface area contributed by atoms with Gasteiger partial charge in [-0.05, 0) is 49.5 Å². The predicted octanol–water partition coefficient (Wildman–Crippen LogP) is 1.68. The van der Waals surface area contributed by atoms with Crippen LogP contribution in [0.5, 0.6) is 0 Å². The summed E-state index contributed by atoms with van der Waals surface area (Å²) in [4.78, 5) is 0. The number of nitrogens with one attached hydrogen (secondary N) is 1. The minimum absolute atomic E-state index is 0.478. The van der Waals surface area contributed by atoms with Crippen molar-refractivity contribution in [2.45, 2.75) is 39.5 Å². The Labute approximate surface area is 118 Å². The molecule has 19 heavy (non-hydrogen) atoms. The van der Waals surface area contributed by atoms with Crippen LogP contribution >= 0.6 is 0 Å². The van der Waals surface area contributed by atoms with Crippen LogP contribution in [0.25, 0.3) is 0 Å². The van der Waals surface area contributed by atoms with Gasteiger partial charge in [0.15, 0.2) is 0 Å². The SMILES string of the molecule is CC(C)C1(CNCC2CCCN(S(C)(=O)=O)C2)CC1. The fraction of sp³-hybridized carbons (Fsp3) is 1.00. The number of hydrogen-bond acceptors (Lipinski definition) is 3. The van der Waals surface area contributed by atoms with Gasteiger partial charge in [-0.3, -0.25) is 0 Å². The van der Waals surface area contributed by atoms with Crippen molar-refractivity contribution in [2.75, 3.05) is 32.4 Å². The molecule has 5 heteroatoms. The topological polar surface area (TPSA) is 49.4 Å². The highest BCUT2D eigenvalue weighted by atomic mass is 32.2. The third kappa shape index (κ3) is 3.92. The Morgan fingerprint density at radius 1 is 1.37 bits per heavy atom. The zero-order valence-electron chi connectivity index (χ0n) is 12.5. The van der Waals surface area contributed by atoms with Gasteiger partial charge in [-0.25, -0.2) is 12.7 Å². The molecule has 0 aromatic carbocycles. The minimum atomic E-state index is -3.01. The molecular weight excluding hydrogens is 260 g/mol. The molecule has 0 radical (unpaired) electrons. The third-order valence-corrected chi connectivity index (χ3v) is 6.25. The summed E-state index contributed by atoms with van der Waals surface area (Å²) in [6.45, 7) is 8.06. The number of rotatable bonds is 6. The van der Waals surface area contributed by atoms with E-state index in [0.717, 1.165) is 31.8 Å². The highest BCUT2D eigenvalue weighted by Crippen LogP contribution is 2.51. The van der Waals surface area contributed by atoms with Crippen molar-refractivity contribution in [3.8, 4) is 0 Å². The molecule has 1 aliphatic heterocycles. The second-order valence-corrected chi connectivity index (χ2v) is 8.76. The summed E-state index contributed by atoms with van der Waals surface area (Å²) >= 11 is 0. The van der Waals surface area contributed by atoms with Gasteiger partial charge in [-0.1, -0.05) is 13.8 Å². The standard InChI is InChI=1S/C14H28N2O2S/c1-12(2)14(6-7-14)11-15-9-13-5-4-8-16(10-13)19(3,17)18/h12-13,15H,4-11H2,1-3H3. The Kier molecular flexibility index (Phi) is 4.58. The summed E-state index contributed by atoms with van der Waals surface area (Å²) in [7, 11) is -3.01. The Balaban J connectivity index is 1.74. The van der Waals surface area contributed by atoms with Crippen molar-refractivity contribution >= 4 is 10.0 Å². The van der Waals surface area contributed by atoms with E-state index in [1.165, 1.54) is 19.1 Å². The highest BCUT2D eigenvalue weighted by Gasteiger charge is 2.44. The van der Waals surface area contributed by atoms with E-state index in [9.17, 15) is 8.42 Å². The van der Waals surface area contributed by atoms with Gasteiger partial charge in [-0.2, -0.15) is 0 Å². The van der Waals surface area contributed by atoms with E-state index in [1.54, 1.807) is 4.31 Å². The predicted molar refractivity (Wildman–Crippen MR) is 78.5 cm³/mol. The summed E-state index contributed by atoms with van der Waals surface area (Å²) in [6.07, 6.45) is 6.15. The number of nitrogens with zero attached hydrogens (tertiary/aromatic N) is 1. The summed E-state index contributed by atoms with van der Waals surface area (Å²) in [5.41, 5.74) is 0.533. The van der Waals surface area contributed by atoms with Crippen molar-refractivity contribution < 1.29 is 8.42 Å². The van der Waals surface area contributed by atoms with Crippen LogP contribution in [0.4, 0.5) is 0 Å². The van der Waals surface area contributed by atoms with Crippen molar-refractivity contribution in [1.29, 1.82) is 0 Å². The Morgan fingerprint density at radius 3 is 2.58 bits per heavy atom. The maximum Gasteiger partial charge on any atom is 0.211 e. The van der Waals surface area contributed by atoms with Crippen LogP contribution in [0.3, 0.4) is 0 Å². The van der Waals surface area contributed by atoms with Gasteiger partial charge in [0.05, 0.1) is 6.26 Å². The molecule has 1 aliphatic carbocycles. The number of sulfonamides is 1. The van der Waals surface area contributed by atoms with E-state index in [2.05, 4.69) is 19.2 Å². The molecule has 1 N–H and O–H groups in total. The second-order valence-electron chi connectivity index (χ2n) is 6.78. The molecule has 1 saturated heterocycles. The molecule has 1 unspecified atom stereocenters. The molecule has 0 bridgehead atoms. The summed E-state index contributed by atoms with van der Waals surface area (Å²) in [5.74, 6) is 1.23. The van der Waals surface area contributed by atoms with E-state index >= 15 is 0 Å². The zero-order chi connectivity index (χ0) is 14.1. The van der Waals surface area contributed by atoms with E-state index in [0.29, 0.717) is 24.4 Å². The molecule has 0 aromatic heterocycles. The minimum Gasteiger partial charge on any atom is -0.316 e. The largest absolute Gasteiger partial charge is 0.316 e.